The molecule has 4 nitrogen and oxygen atoms in total. The van der Waals surface area contributed by atoms with Crippen LogP contribution >= 0.6 is 0 Å². The Morgan fingerprint density at radius 1 is 1.24 bits per heavy atom. The van der Waals surface area contributed by atoms with Crippen LogP contribution in [0.3, 0.4) is 0 Å². The average molecular weight is 341 g/mol. The molecule has 0 saturated carbocycles. The topological polar surface area (TPSA) is 47.6 Å². The van der Waals surface area contributed by atoms with Crippen molar-refractivity contribution < 1.29 is 14.3 Å². The lowest BCUT2D eigenvalue weighted by Crippen LogP contribution is -2.08. The fourth-order valence-corrected chi connectivity index (χ4v) is 2.21. The third-order valence-corrected chi connectivity index (χ3v) is 3.44. The second-order valence-electron chi connectivity index (χ2n) is 5.41. The molecule has 0 atom stereocenters. The molecule has 0 fully saturated rings. The molecule has 1 aromatic rings. The number of para-hydroxylation sites is 1. The number of carbonyl (C=O) groups excluding carboxylic acids is 1. The van der Waals surface area contributed by atoms with Crippen LogP contribution in [0.1, 0.15) is 25.3 Å². The first-order valence-electron chi connectivity index (χ1n) is 8.23. The molecule has 0 spiro atoms. The number of ketones is 1. The van der Waals surface area contributed by atoms with Crippen molar-refractivity contribution >= 4 is 11.9 Å². The highest BCUT2D eigenvalue weighted by atomic mass is 16.5. The minimum Gasteiger partial charge on any atom is -0.493 e. The van der Waals surface area contributed by atoms with Crippen LogP contribution in [0.25, 0.3) is 6.08 Å². The molecule has 0 radical (unpaired) electrons. The highest BCUT2D eigenvalue weighted by Gasteiger charge is 2.06. The minimum absolute atomic E-state index is 0.216. The number of ether oxygens (including phenoxy) is 2. The molecule has 1 aromatic carbocycles. The molecule has 4 heteroatoms. The van der Waals surface area contributed by atoms with Gasteiger partial charge in [0.2, 0.25) is 0 Å². The van der Waals surface area contributed by atoms with Gasteiger partial charge in [-0.15, -0.1) is 0 Å². The maximum absolute atomic E-state index is 10.9. The molecule has 0 aliphatic rings. The van der Waals surface area contributed by atoms with Crippen LogP contribution in [0.15, 0.2) is 60.9 Å². The van der Waals surface area contributed by atoms with Gasteiger partial charge < -0.3 is 19.6 Å². The predicted octanol–water partition coefficient (Wildman–Crippen LogP) is 4.30. The normalized spacial score (nSPS) is 11.7. The van der Waals surface area contributed by atoms with E-state index in [0.717, 1.165) is 24.1 Å². The Kier molecular flexibility index (Phi) is 9.53. The lowest BCUT2D eigenvalue weighted by atomic mass is 10.1. The van der Waals surface area contributed by atoms with Crippen LogP contribution in [-0.2, 0) is 4.79 Å². The van der Waals surface area contributed by atoms with Crippen molar-refractivity contribution in [2.45, 2.75) is 19.8 Å². The van der Waals surface area contributed by atoms with Gasteiger partial charge in [0.05, 0.1) is 14.2 Å². The maximum Gasteiger partial charge on any atom is 0.167 e. The summed E-state index contributed by atoms with van der Waals surface area (Å²) in [6.45, 7) is 6.13. The molecule has 0 aromatic heterocycles. The summed E-state index contributed by atoms with van der Waals surface area (Å²) in [6.07, 6.45) is 12.9. The Morgan fingerprint density at radius 3 is 2.68 bits per heavy atom. The van der Waals surface area contributed by atoms with Gasteiger partial charge in [-0.2, -0.15) is 0 Å². The predicted molar refractivity (Wildman–Crippen MR) is 104 cm³/mol. The first kappa shape index (κ1) is 20.3. The van der Waals surface area contributed by atoms with Crippen molar-refractivity contribution in [2.75, 3.05) is 20.8 Å². The van der Waals surface area contributed by atoms with Gasteiger partial charge in [-0.1, -0.05) is 43.0 Å². The smallest absolute Gasteiger partial charge is 0.167 e. The standard InChI is InChI=1S/C21H27NO3/c1-5-8-18(14-16-22-15-7-9-17(2)23)12-13-19-10-6-11-20(24-3)21(19)25-4/h5-6,8,10-14,16,22H,1,7,9,15H2,2-4H3/b13-12+,16-14-,18-8-. The maximum atomic E-state index is 10.9. The van der Waals surface area contributed by atoms with Gasteiger partial charge in [-0.25, -0.2) is 0 Å². The van der Waals surface area contributed by atoms with E-state index in [-0.39, 0.29) is 5.78 Å². The Balaban J connectivity index is 2.75. The molecule has 0 aliphatic carbocycles. The van der Waals surface area contributed by atoms with E-state index in [4.69, 9.17) is 9.47 Å². The van der Waals surface area contributed by atoms with Gasteiger partial charge in [-0.3, -0.25) is 0 Å². The molecule has 1 N–H and O–H groups in total. The van der Waals surface area contributed by atoms with Crippen LogP contribution in [-0.4, -0.2) is 26.5 Å². The third-order valence-electron chi connectivity index (χ3n) is 3.44. The van der Waals surface area contributed by atoms with Gasteiger partial charge in [-0.05, 0) is 37.3 Å². The number of nitrogens with one attached hydrogen (secondary N) is 1. The van der Waals surface area contributed by atoms with Crippen LogP contribution < -0.4 is 14.8 Å². The van der Waals surface area contributed by atoms with Crippen molar-refractivity contribution in [3.8, 4) is 11.5 Å². The van der Waals surface area contributed by atoms with Gasteiger partial charge in [0.25, 0.3) is 0 Å². The number of hydrogen-bond acceptors (Lipinski definition) is 4. The Labute approximate surface area is 150 Å². The largest absolute Gasteiger partial charge is 0.493 e. The summed E-state index contributed by atoms with van der Waals surface area (Å²) in [6, 6.07) is 5.75. The third kappa shape index (κ3) is 7.57. The first-order valence-corrected chi connectivity index (χ1v) is 8.23. The fraction of sp³-hybridized carbons (Fsp3) is 0.286. The summed E-state index contributed by atoms with van der Waals surface area (Å²) in [5.41, 5.74) is 1.92. The van der Waals surface area contributed by atoms with Crippen molar-refractivity contribution in [3.63, 3.8) is 0 Å². The van der Waals surface area contributed by atoms with Crippen molar-refractivity contribution in [3.05, 3.63) is 66.4 Å². The second-order valence-corrected chi connectivity index (χ2v) is 5.41. The number of benzene rings is 1. The number of rotatable bonds is 11. The van der Waals surface area contributed by atoms with Gasteiger partial charge in [0, 0.05) is 18.5 Å². The Bertz CT molecular complexity index is 657. The summed E-state index contributed by atoms with van der Waals surface area (Å²) < 4.78 is 10.7. The summed E-state index contributed by atoms with van der Waals surface area (Å²) in [4.78, 5) is 10.9. The zero-order chi connectivity index (χ0) is 18.5. The lowest BCUT2D eigenvalue weighted by molar-refractivity contribution is -0.117. The molecule has 0 heterocycles. The fourth-order valence-electron chi connectivity index (χ4n) is 2.21. The summed E-state index contributed by atoms with van der Waals surface area (Å²) in [5.74, 6) is 1.61. The number of allylic oxidation sites excluding steroid dienone is 5. The summed E-state index contributed by atoms with van der Waals surface area (Å²) >= 11 is 0. The quantitative estimate of drug-likeness (QED) is 0.481. The number of hydrogen-bond donors (Lipinski definition) is 1. The second kappa shape index (κ2) is 11.7. The van der Waals surface area contributed by atoms with E-state index in [9.17, 15) is 4.79 Å². The highest BCUT2D eigenvalue weighted by molar-refractivity contribution is 5.75. The zero-order valence-corrected chi connectivity index (χ0v) is 15.2. The molecule has 0 aliphatic heterocycles. The monoisotopic (exact) mass is 341 g/mol. The Morgan fingerprint density at radius 2 is 2.04 bits per heavy atom. The summed E-state index contributed by atoms with van der Waals surface area (Å²) in [7, 11) is 3.25. The SMILES string of the molecule is C=C/C=C(\C=C/NCCCC(C)=O)/C=C/c1cccc(OC)c1OC. The molecular formula is C21H27NO3. The number of Topliss-reactive ketones (excluding diaryl/α,β-unsaturated/α-hetero) is 1. The average Bonchev–Trinajstić information content (AvgIpc) is 2.61. The molecule has 1 rings (SSSR count). The van der Waals surface area contributed by atoms with E-state index in [1.165, 1.54) is 0 Å². The van der Waals surface area contributed by atoms with Gasteiger partial charge in [0.1, 0.15) is 5.78 Å². The minimum atomic E-state index is 0.216. The van der Waals surface area contributed by atoms with E-state index in [0.29, 0.717) is 17.9 Å². The first-order chi connectivity index (χ1) is 12.1. The molecule has 25 heavy (non-hydrogen) atoms. The van der Waals surface area contributed by atoms with Gasteiger partial charge >= 0.3 is 0 Å². The van der Waals surface area contributed by atoms with Crippen LogP contribution in [0.4, 0.5) is 0 Å². The van der Waals surface area contributed by atoms with Gasteiger partial charge in [0.15, 0.2) is 11.5 Å². The van der Waals surface area contributed by atoms with Crippen LogP contribution in [0, 0.1) is 0 Å². The molecule has 0 amide bonds. The van der Waals surface area contributed by atoms with Crippen molar-refractivity contribution in [1.82, 2.24) is 5.32 Å². The van der Waals surface area contributed by atoms with E-state index >= 15 is 0 Å². The Hall–Kier alpha value is -2.75. The molecule has 134 valence electrons. The van der Waals surface area contributed by atoms with E-state index < -0.39 is 0 Å². The highest BCUT2D eigenvalue weighted by Crippen LogP contribution is 2.31. The lowest BCUT2D eigenvalue weighted by Gasteiger charge is -2.09. The molecule has 0 saturated heterocycles. The molecule has 0 unspecified atom stereocenters. The van der Waals surface area contributed by atoms with E-state index in [1.54, 1.807) is 27.2 Å². The van der Waals surface area contributed by atoms with Crippen LogP contribution in [0.5, 0.6) is 11.5 Å². The molecular weight excluding hydrogens is 314 g/mol. The zero-order valence-electron chi connectivity index (χ0n) is 15.2. The van der Waals surface area contributed by atoms with Crippen molar-refractivity contribution in [1.29, 1.82) is 0 Å². The van der Waals surface area contributed by atoms with E-state index in [1.807, 2.05) is 48.7 Å². The number of carbonyl (C=O) groups is 1. The summed E-state index contributed by atoms with van der Waals surface area (Å²) in [5, 5.41) is 3.18. The van der Waals surface area contributed by atoms with Crippen molar-refractivity contribution in [2.24, 2.45) is 0 Å². The van der Waals surface area contributed by atoms with E-state index in [2.05, 4.69) is 11.9 Å². The van der Waals surface area contributed by atoms with Crippen LogP contribution in [0.2, 0.25) is 0 Å². The number of methoxy groups -OCH3 is 2. The molecule has 0 bridgehead atoms.